The summed E-state index contributed by atoms with van der Waals surface area (Å²) in [6, 6.07) is 10.5. The van der Waals surface area contributed by atoms with E-state index < -0.39 is 0 Å². The van der Waals surface area contributed by atoms with Gasteiger partial charge in [-0.15, -0.1) is 0 Å². The Kier molecular flexibility index (Phi) is 5.23. The molecular weight excluding hydrogens is 350 g/mol. The van der Waals surface area contributed by atoms with E-state index in [1.807, 2.05) is 51.1 Å². The summed E-state index contributed by atoms with van der Waals surface area (Å²) in [4.78, 5) is 16.6. The summed E-state index contributed by atoms with van der Waals surface area (Å²) in [6.45, 7) is 5.78. The van der Waals surface area contributed by atoms with Gasteiger partial charge in [0.25, 0.3) is 0 Å². The lowest BCUT2D eigenvalue weighted by molar-refractivity contribution is 0.249. The number of benzene rings is 1. The molecule has 7 heteroatoms. The van der Waals surface area contributed by atoms with Crippen LogP contribution in [0, 0.1) is 13.8 Å². The number of nitrogens with zero attached hydrogens (tertiary/aromatic N) is 3. The lowest BCUT2D eigenvalue weighted by Gasteiger charge is -2.15. The van der Waals surface area contributed by atoms with Gasteiger partial charge in [0, 0.05) is 28.2 Å². The summed E-state index contributed by atoms with van der Waals surface area (Å²) in [5.74, 6) is 0.738. The lowest BCUT2D eigenvalue weighted by atomic mass is 10.1. The Hall–Kier alpha value is -2.86. The number of rotatable bonds is 4. The quantitative estimate of drug-likeness (QED) is 0.715. The van der Waals surface area contributed by atoms with Crippen LogP contribution >= 0.6 is 11.6 Å². The van der Waals surface area contributed by atoms with Gasteiger partial charge in [0.15, 0.2) is 5.82 Å². The van der Waals surface area contributed by atoms with E-state index >= 15 is 0 Å². The Morgan fingerprint density at radius 2 is 2.04 bits per heavy atom. The van der Waals surface area contributed by atoms with Crippen LogP contribution in [-0.2, 0) is 0 Å². The lowest BCUT2D eigenvalue weighted by Crippen LogP contribution is -2.31. The van der Waals surface area contributed by atoms with Crippen LogP contribution in [0.15, 0.2) is 48.8 Å². The molecule has 0 fully saturated rings. The number of carbonyl (C=O) groups excluding carboxylic acids is 1. The van der Waals surface area contributed by atoms with E-state index in [2.05, 4.69) is 20.7 Å². The van der Waals surface area contributed by atoms with Crippen LogP contribution in [0.4, 0.5) is 10.5 Å². The van der Waals surface area contributed by atoms with E-state index in [0.29, 0.717) is 10.7 Å². The predicted molar refractivity (Wildman–Crippen MR) is 103 cm³/mol. The molecule has 1 atom stereocenters. The molecule has 3 aromatic rings. The van der Waals surface area contributed by atoms with Gasteiger partial charge in [-0.25, -0.2) is 14.5 Å². The van der Waals surface area contributed by atoms with Gasteiger partial charge in [-0.2, -0.15) is 5.10 Å². The van der Waals surface area contributed by atoms with Gasteiger partial charge in [0.1, 0.15) is 0 Å². The van der Waals surface area contributed by atoms with Crippen molar-refractivity contribution in [2.75, 3.05) is 5.32 Å². The summed E-state index contributed by atoms with van der Waals surface area (Å²) in [6.07, 6.45) is 3.47. The first-order valence-corrected chi connectivity index (χ1v) is 8.63. The number of urea groups is 1. The smallest absolute Gasteiger partial charge is 0.319 e. The van der Waals surface area contributed by atoms with Crippen molar-refractivity contribution >= 4 is 23.3 Å². The molecule has 2 heterocycles. The summed E-state index contributed by atoms with van der Waals surface area (Å²) < 4.78 is 1.76. The van der Waals surface area contributed by atoms with Crippen LogP contribution in [-0.4, -0.2) is 20.8 Å². The molecule has 1 aromatic carbocycles. The third kappa shape index (κ3) is 3.86. The Morgan fingerprint density at radius 3 is 2.73 bits per heavy atom. The predicted octanol–water partition coefficient (Wildman–Crippen LogP) is 4.42. The minimum atomic E-state index is -0.303. The van der Waals surface area contributed by atoms with Crippen LogP contribution in [0.1, 0.15) is 29.8 Å². The van der Waals surface area contributed by atoms with Gasteiger partial charge in [0.05, 0.1) is 12.2 Å². The number of amides is 2. The second-order valence-corrected chi connectivity index (χ2v) is 6.48. The maximum atomic E-state index is 12.3. The molecule has 0 aliphatic rings. The number of nitrogens with one attached hydrogen (secondary N) is 2. The molecule has 2 amide bonds. The van der Waals surface area contributed by atoms with Gasteiger partial charge in [-0.05, 0) is 50.6 Å². The van der Waals surface area contributed by atoms with E-state index in [1.165, 1.54) is 0 Å². The van der Waals surface area contributed by atoms with Gasteiger partial charge < -0.3 is 10.6 Å². The fourth-order valence-electron chi connectivity index (χ4n) is 2.67. The molecule has 2 aromatic heterocycles. The van der Waals surface area contributed by atoms with E-state index in [-0.39, 0.29) is 12.1 Å². The van der Waals surface area contributed by atoms with Crippen LogP contribution in [0.25, 0.3) is 5.82 Å². The molecule has 0 radical (unpaired) electrons. The van der Waals surface area contributed by atoms with E-state index in [1.54, 1.807) is 23.1 Å². The number of aromatic nitrogens is 3. The highest BCUT2D eigenvalue weighted by Crippen LogP contribution is 2.21. The third-order valence-electron chi connectivity index (χ3n) is 4.16. The SMILES string of the molecule is Cc1ccc(NC(=O)NC(C)c2cnn(-c3ccccn3)c2C)cc1Cl. The first-order valence-electron chi connectivity index (χ1n) is 8.25. The Labute approximate surface area is 157 Å². The number of aryl methyl sites for hydroxylation is 1. The number of hydrogen-bond acceptors (Lipinski definition) is 3. The Bertz CT molecular complexity index is 923. The Morgan fingerprint density at radius 1 is 1.23 bits per heavy atom. The number of halogens is 1. The molecule has 3 rings (SSSR count). The zero-order valence-electron chi connectivity index (χ0n) is 14.8. The van der Waals surface area contributed by atoms with Crippen molar-refractivity contribution in [1.29, 1.82) is 0 Å². The van der Waals surface area contributed by atoms with E-state index in [0.717, 1.165) is 22.6 Å². The number of pyridine rings is 1. The first kappa shape index (κ1) is 17.9. The summed E-state index contributed by atoms with van der Waals surface area (Å²) in [7, 11) is 0. The standard InChI is InChI=1S/C19H20ClN5O/c1-12-7-8-15(10-17(12)20)24-19(26)23-13(2)16-11-22-25(14(16)3)18-6-4-5-9-21-18/h4-11,13H,1-3H3,(H2,23,24,26). The molecule has 0 spiro atoms. The third-order valence-corrected chi connectivity index (χ3v) is 4.57. The highest BCUT2D eigenvalue weighted by atomic mass is 35.5. The molecular formula is C19H20ClN5O. The van der Waals surface area contributed by atoms with Crippen molar-refractivity contribution < 1.29 is 4.79 Å². The molecule has 0 aliphatic carbocycles. The minimum Gasteiger partial charge on any atom is -0.331 e. The van der Waals surface area contributed by atoms with Crippen LogP contribution in [0.5, 0.6) is 0 Å². The fourth-order valence-corrected chi connectivity index (χ4v) is 2.85. The van der Waals surface area contributed by atoms with E-state index in [4.69, 9.17) is 11.6 Å². The van der Waals surface area contributed by atoms with Crippen molar-refractivity contribution in [2.45, 2.75) is 26.8 Å². The summed E-state index contributed by atoms with van der Waals surface area (Å²) >= 11 is 6.09. The zero-order valence-corrected chi connectivity index (χ0v) is 15.6. The molecule has 0 saturated heterocycles. The van der Waals surface area contributed by atoms with Crippen LogP contribution < -0.4 is 10.6 Å². The normalized spacial score (nSPS) is 11.8. The molecule has 1 unspecified atom stereocenters. The average Bonchev–Trinajstić information content (AvgIpc) is 3.00. The second-order valence-electron chi connectivity index (χ2n) is 6.07. The second kappa shape index (κ2) is 7.58. The average molecular weight is 370 g/mol. The topological polar surface area (TPSA) is 71.8 Å². The van der Waals surface area contributed by atoms with Gasteiger partial charge >= 0.3 is 6.03 Å². The van der Waals surface area contributed by atoms with Crippen molar-refractivity contribution in [2.24, 2.45) is 0 Å². The van der Waals surface area contributed by atoms with Gasteiger partial charge in [0.2, 0.25) is 0 Å². The molecule has 0 aliphatic heterocycles. The van der Waals surface area contributed by atoms with Crippen molar-refractivity contribution in [3.05, 3.63) is 70.6 Å². The Balaban J connectivity index is 1.70. The highest BCUT2D eigenvalue weighted by Gasteiger charge is 2.16. The number of anilines is 1. The summed E-state index contributed by atoms with van der Waals surface area (Å²) in [5.41, 5.74) is 3.46. The van der Waals surface area contributed by atoms with Gasteiger partial charge in [-0.3, -0.25) is 0 Å². The molecule has 0 saturated carbocycles. The minimum absolute atomic E-state index is 0.214. The van der Waals surface area contributed by atoms with Crippen molar-refractivity contribution in [1.82, 2.24) is 20.1 Å². The molecule has 6 nitrogen and oxygen atoms in total. The monoisotopic (exact) mass is 369 g/mol. The van der Waals surface area contributed by atoms with Crippen molar-refractivity contribution in [3.8, 4) is 5.82 Å². The van der Waals surface area contributed by atoms with Crippen molar-refractivity contribution in [3.63, 3.8) is 0 Å². The van der Waals surface area contributed by atoms with Crippen LogP contribution in [0.3, 0.4) is 0 Å². The molecule has 0 bridgehead atoms. The molecule has 26 heavy (non-hydrogen) atoms. The van der Waals surface area contributed by atoms with E-state index in [9.17, 15) is 4.79 Å². The summed E-state index contributed by atoms with van der Waals surface area (Å²) in [5, 5.41) is 10.7. The highest BCUT2D eigenvalue weighted by molar-refractivity contribution is 6.31. The largest absolute Gasteiger partial charge is 0.331 e. The molecule has 2 N–H and O–H groups in total. The van der Waals surface area contributed by atoms with Gasteiger partial charge in [-0.1, -0.05) is 23.7 Å². The number of hydrogen-bond donors (Lipinski definition) is 2. The number of carbonyl (C=O) groups is 1. The van der Waals surface area contributed by atoms with Crippen LogP contribution in [0.2, 0.25) is 5.02 Å². The maximum Gasteiger partial charge on any atom is 0.319 e. The zero-order chi connectivity index (χ0) is 18.7. The molecule has 134 valence electrons. The maximum absolute atomic E-state index is 12.3. The first-order chi connectivity index (χ1) is 12.5. The fraction of sp³-hybridized carbons (Fsp3) is 0.211.